The van der Waals surface area contributed by atoms with Crippen LogP contribution in [0.1, 0.15) is 23.4 Å². The van der Waals surface area contributed by atoms with Crippen LogP contribution < -0.4 is 15.2 Å². The zero-order valence-electron chi connectivity index (χ0n) is 22.0. The summed E-state index contributed by atoms with van der Waals surface area (Å²) in [5.74, 6) is 2.95. The first-order valence-electron chi connectivity index (χ1n) is 12.0. The fourth-order valence-corrected chi connectivity index (χ4v) is 3.94. The number of aldehydes is 1. The summed E-state index contributed by atoms with van der Waals surface area (Å²) in [6, 6.07) is 5.91. The average Bonchev–Trinajstić information content (AvgIpc) is 3.56. The van der Waals surface area contributed by atoms with E-state index in [0.717, 1.165) is 42.1 Å². The van der Waals surface area contributed by atoms with Crippen LogP contribution in [0.25, 0.3) is 11.6 Å². The second-order valence-electron chi connectivity index (χ2n) is 8.28. The van der Waals surface area contributed by atoms with E-state index in [1.165, 1.54) is 5.56 Å². The van der Waals surface area contributed by atoms with Crippen molar-refractivity contribution in [1.82, 2.24) is 28.7 Å². The Labute approximate surface area is 242 Å². The van der Waals surface area contributed by atoms with E-state index in [4.69, 9.17) is 43.2 Å². The summed E-state index contributed by atoms with van der Waals surface area (Å²) in [6.45, 7) is 0.434. The number of hydrogen-bond acceptors (Lipinski definition) is 8. The quantitative estimate of drug-likeness (QED) is 0.250. The number of hydrogen-bond donors (Lipinski definition) is 1. The molecule has 0 unspecified atom stereocenters. The second-order valence-corrected chi connectivity index (χ2v) is 9.15. The Bertz CT molecular complexity index is 1590. The second kappa shape index (κ2) is 14.6. The van der Waals surface area contributed by atoms with Crippen LogP contribution in [0.5, 0.6) is 11.5 Å². The number of benzene rings is 1. The Morgan fingerprint density at radius 2 is 1.41 bits per heavy atom. The summed E-state index contributed by atoms with van der Waals surface area (Å²) in [4.78, 5) is 25.3. The Kier molecular flexibility index (Phi) is 11.3. The third-order valence-electron chi connectivity index (χ3n) is 5.54. The minimum absolute atomic E-state index is 0.434. The Balaban J connectivity index is 0.000000213. The molecule has 0 radical (unpaired) electrons. The van der Waals surface area contributed by atoms with Crippen molar-refractivity contribution in [1.29, 1.82) is 0 Å². The van der Waals surface area contributed by atoms with E-state index in [9.17, 15) is 13.2 Å². The van der Waals surface area contributed by atoms with Crippen LogP contribution in [-0.2, 0) is 24.2 Å². The monoisotopic (exact) mass is 611 g/mol. The highest BCUT2D eigenvalue weighted by molar-refractivity contribution is 6.30. The number of nitrogens with two attached hydrogens (primary N) is 1. The number of fused-ring (bicyclic) bond motifs is 2. The molecule has 4 heterocycles. The van der Waals surface area contributed by atoms with E-state index in [1.54, 1.807) is 43.4 Å². The van der Waals surface area contributed by atoms with Crippen molar-refractivity contribution in [2.75, 3.05) is 14.2 Å². The van der Waals surface area contributed by atoms with Crippen molar-refractivity contribution in [3.05, 3.63) is 82.4 Å². The lowest BCUT2D eigenvalue weighted by molar-refractivity contribution is -0.156. The number of carbonyl (C=O) groups excluding carboxylic acids is 1. The van der Waals surface area contributed by atoms with Crippen molar-refractivity contribution in [2.45, 2.75) is 32.0 Å². The number of halogens is 5. The molecule has 0 atom stereocenters. The van der Waals surface area contributed by atoms with Crippen LogP contribution in [0, 0.1) is 0 Å². The van der Waals surface area contributed by atoms with Gasteiger partial charge in [0.05, 0.1) is 54.7 Å². The van der Waals surface area contributed by atoms with Crippen molar-refractivity contribution < 1.29 is 27.4 Å². The molecule has 0 spiro atoms. The summed E-state index contributed by atoms with van der Waals surface area (Å²) in [6.07, 6.45) is 7.38. The maximum Gasteiger partial charge on any atom is 0.446 e. The number of carbonyl (C=O) groups is 1. The van der Waals surface area contributed by atoms with Gasteiger partial charge in [0.25, 0.3) is 0 Å². The topological polar surface area (TPSA) is 122 Å². The van der Waals surface area contributed by atoms with Crippen LogP contribution in [0.15, 0.2) is 55.4 Å². The molecule has 0 bridgehead atoms. The number of rotatable bonds is 7. The number of methoxy groups -OCH3 is 2. The van der Waals surface area contributed by atoms with Gasteiger partial charge in [0.1, 0.15) is 11.5 Å². The van der Waals surface area contributed by atoms with Crippen LogP contribution in [0.2, 0.25) is 10.0 Å². The van der Waals surface area contributed by atoms with Crippen LogP contribution >= 0.6 is 23.2 Å². The highest BCUT2D eigenvalue weighted by Crippen LogP contribution is 2.26. The number of aryl methyl sites for hydroxylation is 2. The summed E-state index contributed by atoms with van der Waals surface area (Å²) < 4.78 is 45.6. The first-order chi connectivity index (χ1) is 19.6. The lowest BCUT2D eigenvalue weighted by Gasteiger charge is -2.10. The van der Waals surface area contributed by atoms with E-state index in [1.807, 2.05) is 35.0 Å². The maximum absolute atomic E-state index is 10.4. The number of alkyl halides is 3. The van der Waals surface area contributed by atoms with Gasteiger partial charge < -0.3 is 15.2 Å². The van der Waals surface area contributed by atoms with E-state index in [2.05, 4.69) is 19.9 Å². The summed E-state index contributed by atoms with van der Waals surface area (Å²) in [7, 11) is 3.33. The molecule has 0 aliphatic rings. The Hall–Kier alpha value is -3.94. The summed E-state index contributed by atoms with van der Waals surface area (Å²) in [5, 5.41) is 1.18. The van der Waals surface area contributed by atoms with E-state index < -0.39 is 12.5 Å². The SMILES string of the molecule is COc1ccc(CCCc2cnc3ncc(Cl)cn23)c(OC)c1.NCc1cnc2ncc(Cl)cn12.O=CC(F)(F)F. The lowest BCUT2D eigenvalue weighted by Crippen LogP contribution is -2.07. The summed E-state index contributed by atoms with van der Waals surface area (Å²) in [5.41, 5.74) is 8.65. The van der Waals surface area contributed by atoms with Gasteiger partial charge in [-0.2, -0.15) is 13.2 Å². The molecule has 5 aromatic rings. The van der Waals surface area contributed by atoms with Gasteiger partial charge in [-0.05, 0) is 30.9 Å². The van der Waals surface area contributed by atoms with Gasteiger partial charge in [0, 0.05) is 30.7 Å². The third-order valence-corrected chi connectivity index (χ3v) is 5.93. The Morgan fingerprint density at radius 3 is 1.93 bits per heavy atom. The van der Waals surface area contributed by atoms with E-state index >= 15 is 0 Å². The van der Waals surface area contributed by atoms with E-state index in [-0.39, 0.29) is 0 Å². The molecular weight excluding hydrogens is 586 g/mol. The fourth-order valence-electron chi connectivity index (χ4n) is 3.65. The minimum atomic E-state index is -4.64. The molecule has 15 heteroatoms. The number of aromatic nitrogens is 6. The third kappa shape index (κ3) is 9.03. The molecule has 1 aromatic carbocycles. The smallest absolute Gasteiger partial charge is 0.446 e. The molecule has 5 rings (SSSR count). The molecule has 0 fully saturated rings. The largest absolute Gasteiger partial charge is 0.497 e. The minimum Gasteiger partial charge on any atom is -0.497 e. The van der Waals surface area contributed by atoms with Crippen LogP contribution in [0.3, 0.4) is 0 Å². The molecule has 0 aliphatic heterocycles. The van der Waals surface area contributed by atoms with Crippen molar-refractivity contribution in [2.24, 2.45) is 5.73 Å². The van der Waals surface area contributed by atoms with Crippen LogP contribution in [0.4, 0.5) is 13.2 Å². The maximum atomic E-state index is 10.4. The summed E-state index contributed by atoms with van der Waals surface area (Å²) >= 11 is 11.8. The molecule has 10 nitrogen and oxygen atoms in total. The normalized spacial score (nSPS) is 10.9. The standard InChI is InChI=1S/C17H18ClN3O2.C7H7ClN4.C2HF3O/c1-22-15-7-6-12(16(8-15)23-2)4-3-5-14-10-20-17-19-9-13(18)11-21(14)17;8-5-2-10-7-11-3-6(1-9)12(7)4-5;3-2(4,5)1-6/h6-11H,3-5H2,1-2H3;2-4H,1,9H2;1H. The zero-order valence-corrected chi connectivity index (χ0v) is 23.5. The molecule has 0 amide bonds. The van der Waals surface area contributed by atoms with Gasteiger partial charge >= 0.3 is 6.18 Å². The van der Waals surface area contributed by atoms with Gasteiger partial charge in [-0.15, -0.1) is 0 Å². The molecule has 0 saturated carbocycles. The van der Waals surface area contributed by atoms with Crippen molar-refractivity contribution in [3.8, 4) is 11.5 Å². The van der Waals surface area contributed by atoms with Gasteiger partial charge in [0.15, 0.2) is 0 Å². The van der Waals surface area contributed by atoms with Gasteiger partial charge in [-0.25, -0.2) is 19.9 Å². The molecular formula is C26H26Cl2F3N7O3. The molecule has 0 aliphatic carbocycles. The lowest BCUT2D eigenvalue weighted by atomic mass is 10.1. The molecule has 41 heavy (non-hydrogen) atoms. The average molecular weight is 612 g/mol. The van der Waals surface area contributed by atoms with Crippen LogP contribution in [-0.4, -0.2) is 55.4 Å². The predicted molar refractivity (Wildman–Crippen MR) is 148 cm³/mol. The predicted octanol–water partition coefficient (Wildman–Crippen LogP) is 5.16. The number of ether oxygens (including phenoxy) is 2. The zero-order chi connectivity index (χ0) is 30.0. The first-order valence-corrected chi connectivity index (χ1v) is 12.7. The molecule has 2 N–H and O–H groups in total. The molecule has 218 valence electrons. The highest BCUT2D eigenvalue weighted by atomic mass is 35.5. The van der Waals surface area contributed by atoms with Crippen molar-refractivity contribution >= 4 is 41.0 Å². The first kappa shape index (κ1) is 31.6. The fraction of sp³-hybridized carbons (Fsp3) is 0.269. The van der Waals surface area contributed by atoms with Gasteiger partial charge in [-0.1, -0.05) is 29.3 Å². The van der Waals surface area contributed by atoms with E-state index in [0.29, 0.717) is 28.1 Å². The highest BCUT2D eigenvalue weighted by Gasteiger charge is 2.24. The van der Waals surface area contributed by atoms with Crippen molar-refractivity contribution in [3.63, 3.8) is 0 Å². The number of imidazole rings is 2. The Morgan fingerprint density at radius 1 is 0.878 bits per heavy atom. The molecule has 4 aromatic heterocycles. The number of nitrogens with zero attached hydrogens (tertiary/aromatic N) is 6. The molecule has 0 saturated heterocycles. The van der Waals surface area contributed by atoms with Gasteiger partial charge in [0.2, 0.25) is 17.8 Å². The van der Waals surface area contributed by atoms with Gasteiger partial charge in [-0.3, -0.25) is 13.6 Å².